The molecule has 4 rings (SSSR count). The maximum absolute atomic E-state index is 4.65. The van der Waals surface area contributed by atoms with Gasteiger partial charge >= 0.3 is 0 Å². The quantitative estimate of drug-likeness (QED) is 0.730. The largest absolute Gasteiger partial charge is 0.301 e. The molecule has 1 aromatic rings. The highest BCUT2D eigenvalue weighted by molar-refractivity contribution is 5.50. The lowest BCUT2D eigenvalue weighted by Gasteiger charge is -2.34. The lowest BCUT2D eigenvalue weighted by atomic mass is 10.2. The normalized spacial score (nSPS) is 29.9. The fourth-order valence-electron chi connectivity index (χ4n) is 2.99. The average molecular weight is 283 g/mol. The van der Waals surface area contributed by atoms with Crippen LogP contribution < -0.4 is 0 Å². The van der Waals surface area contributed by atoms with Crippen molar-refractivity contribution in [3.8, 4) is 0 Å². The standard InChI is InChI=1S/C18H25N3/c1-2-7-17-9-6-10-18(19-17)8-3-5-12-21-15-13-20(11-4-1)14-16-21/h2-3,6-10H,1,4-5,11-16H2/b7-2-,8-3-. The molecule has 3 aliphatic heterocycles. The highest BCUT2D eigenvalue weighted by Crippen LogP contribution is 2.09. The molecule has 0 aromatic carbocycles. The molecule has 4 heterocycles. The number of allylic oxidation sites excluding steroid dienone is 1. The summed E-state index contributed by atoms with van der Waals surface area (Å²) in [5.41, 5.74) is 2.13. The fourth-order valence-corrected chi connectivity index (χ4v) is 2.99. The summed E-state index contributed by atoms with van der Waals surface area (Å²) in [6, 6.07) is 6.25. The number of nitrogens with zero attached hydrogens (tertiary/aromatic N) is 3. The molecule has 4 bridgehead atoms. The molecule has 0 spiro atoms. The van der Waals surface area contributed by atoms with Crippen molar-refractivity contribution in [1.29, 1.82) is 0 Å². The maximum Gasteiger partial charge on any atom is 0.0633 e. The summed E-state index contributed by atoms with van der Waals surface area (Å²) in [6.45, 7) is 7.30. The van der Waals surface area contributed by atoms with Gasteiger partial charge in [0.05, 0.1) is 11.4 Å². The number of hydrogen-bond acceptors (Lipinski definition) is 3. The van der Waals surface area contributed by atoms with Gasteiger partial charge in [0.25, 0.3) is 0 Å². The number of pyridine rings is 1. The Bertz CT molecular complexity index is 499. The van der Waals surface area contributed by atoms with Crippen molar-refractivity contribution < 1.29 is 0 Å². The second kappa shape index (κ2) is 7.53. The summed E-state index contributed by atoms with van der Waals surface area (Å²) in [6.07, 6.45) is 12.3. The van der Waals surface area contributed by atoms with Gasteiger partial charge in [0.1, 0.15) is 0 Å². The van der Waals surface area contributed by atoms with E-state index in [9.17, 15) is 0 Å². The van der Waals surface area contributed by atoms with Crippen LogP contribution in [0.25, 0.3) is 12.2 Å². The number of fused-ring (bicyclic) bond motifs is 7. The minimum absolute atomic E-state index is 1.06. The Morgan fingerprint density at radius 3 is 2.05 bits per heavy atom. The minimum Gasteiger partial charge on any atom is -0.301 e. The van der Waals surface area contributed by atoms with E-state index in [1.54, 1.807) is 0 Å². The van der Waals surface area contributed by atoms with Crippen LogP contribution in [0.3, 0.4) is 0 Å². The second-order valence-electron chi connectivity index (χ2n) is 5.91. The average Bonchev–Trinajstić information content (AvgIpc) is 2.52. The highest BCUT2D eigenvalue weighted by Gasteiger charge is 2.15. The van der Waals surface area contributed by atoms with E-state index in [1.807, 2.05) is 0 Å². The molecule has 0 radical (unpaired) electrons. The predicted molar refractivity (Wildman–Crippen MR) is 89.0 cm³/mol. The summed E-state index contributed by atoms with van der Waals surface area (Å²) in [5, 5.41) is 0. The number of aromatic nitrogens is 1. The van der Waals surface area contributed by atoms with Crippen molar-refractivity contribution in [2.75, 3.05) is 39.3 Å². The van der Waals surface area contributed by atoms with E-state index in [4.69, 9.17) is 0 Å². The van der Waals surface area contributed by atoms with E-state index < -0.39 is 0 Å². The molecule has 3 heteroatoms. The van der Waals surface area contributed by atoms with Gasteiger partial charge in [-0.15, -0.1) is 0 Å². The molecular weight excluding hydrogens is 258 g/mol. The third kappa shape index (κ3) is 4.51. The van der Waals surface area contributed by atoms with Crippen LogP contribution in [0.2, 0.25) is 0 Å². The first-order valence-electron chi connectivity index (χ1n) is 8.15. The molecule has 0 saturated carbocycles. The Balaban J connectivity index is 1.70. The minimum atomic E-state index is 1.06. The van der Waals surface area contributed by atoms with Gasteiger partial charge in [-0.2, -0.15) is 0 Å². The van der Waals surface area contributed by atoms with Crippen molar-refractivity contribution >= 4 is 12.2 Å². The van der Waals surface area contributed by atoms with Gasteiger partial charge in [-0.25, -0.2) is 4.98 Å². The third-order valence-corrected chi connectivity index (χ3v) is 4.29. The Morgan fingerprint density at radius 2 is 1.33 bits per heavy atom. The van der Waals surface area contributed by atoms with Gasteiger partial charge in [0.2, 0.25) is 0 Å². The molecule has 112 valence electrons. The number of rotatable bonds is 0. The van der Waals surface area contributed by atoms with Crippen molar-refractivity contribution in [1.82, 2.24) is 14.8 Å². The Hall–Kier alpha value is -1.45. The van der Waals surface area contributed by atoms with E-state index in [-0.39, 0.29) is 0 Å². The van der Waals surface area contributed by atoms with Crippen LogP contribution in [0.4, 0.5) is 0 Å². The second-order valence-corrected chi connectivity index (χ2v) is 5.91. The summed E-state index contributed by atoms with van der Waals surface area (Å²) < 4.78 is 0. The maximum atomic E-state index is 4.65. The van der Waals surface area contributed by atoms with Crippen LogP contribution in [0.15, 0.2) is 30.4 Å². The fraction of sp³-hybridized carbons (Fsp3) is 0.500. The molecule has 1 fully saturated rings. The van der Waals surface area contributed by atoms with Crippen LogP contribution in [0, 0.1) is 0 Å². The van der Waals surface area contributed by atoms with Crippen LogP contribution in [0.5, 0.6) is 0 Å². The van der Waals surface area contributed by atoms with Crippen molar-refractivity contribution in [2.45, 2.75) is 19.3 Å². The zero-order chi connectivity index (χ0) is 14.3. The first-order valence-corrected chi connectivity index (χ1v) is 8.15. The van der Waals surface area contributed by atoms with Crippen LogP contribution in [-0.4, -0.2) is 54.1 Å². The van der Waals surface area contributed by atoms with Gasteiger partial charge in [-0.1, -0.05) is 18.2 Å². The first kappa shape index (κ1) is 14.5. The molecule has 0 N–H and O–H groups in total. The van der Waals surface area contributed by atoms with Gasteiger partial charge in [-0.3, -0.25) is 0 Å². The van der Waals surface area contributed by atoms with Crippen molar-refractivity contribution in [2.24, 2.45) is 0 Å². The monoisotopic (exact) mass is 283 g/mol. The molecule has 1 aromatic heterocycles. The first-order chi connectivity index (χ1) is 10.4. The Morgan fingerprint density at radius 1 is 0.714 bits per heavy atom. The molecule has 0 aliphatic carbocycles. The SMILES string of the molecule is C1=C\c2cccc(n2)/C=C\CCN2CCN(CCC/1)CC2. The molecule has 0 unspecified atom stereocenters. The van der Waals surface area contributed by atoms with E-state index in [2.05, 4.69) is 57.3 Å². The van der Waals surface area contributed by atoms with Crippen LogP contribution in [-0.2, 0) is 0 Å². The summed E-state index contributed by atoms with van der Waals surface area (Å²) in [5.74, 6) is 0. The smallest absolute Gasteiger partial charge is 0.0633 e. The summed E-state index contributed by atoms with van der Waals surface area (Å²) >= 11 is 0. The molecule has 3 aliphatic rings. The Labute approximate surface area is 128 Å². The summed E-state index contributed by atoms with van der Waals surface area (Å²) in [7, 11) is 0. The van der Waals surface area contributed by atoms with Crippen molar-refractivity contribution in [3.63, 3.8) is 0 Å². The molecule has 0 atom stereocenters. The zero-order valence-electron chi connectivity index (χ0n) is 12.7. The van der Waals surface area contributed by atoms with Crippen LogP contribution >= 0.6 is 0 Å². The van der Waals surface area contributed by atoms with Crippen LogP contribution in [0.1, 0.15) is 30.7 Å². The van der Waals surface area contributed by atoms with Gasteiger partial charge in [0, 0.05) is 32.7 Å². The van der Waals surface area contributed by atoms with Gasteiger partial charge < -0.3 is 9.80 Å². The number of hydrogen-bond donors (Lipinski definition) is 0. The lowest BCUT2D eigenvalue weighted by Crippen LogP contribution is -2.46. The van der Waals surface area contributed by atoms with E-state index in [0.717, 1.165) is 24.2 Å². The molecule has 21 heavy (non-hydrogen) atoms. The highest BCUT2D eigenvalue weighted by atomic mass is 15.3. The predicted octanol–water partition coefficient (Wildman–Crippen LogP) is 2.91. The van der Waals surface area contributed by atoms with E-state index in [0.29, 0.717) is 0 Å². The van der Waals surface area contributed by atoms with Crippen molar-refractivity contribution in [3.05, 3.63) is 41.7 Å². The lowest BCUT2D eigenvalue weighted by molar-refractivity contribution is 0.133. The molecule has 3 nitrogen and oxygen atoms in total. The molecule has 1 saturated heterocycles. The third-order valence-electron chi connectivity index (χ3n) is 4.29. The molecule has 0 amide bonds. The Kier molecular flexibility index (Phi) is 5.19. The molecular formula is C18H25N3. The van der Waals surface area contributed by atoms with Gasteiger partial charge in [0.15, 0.2) is 0 Å². The topological polar surface area (TPSA) is 19.4 Å². The van der Waals surface area contributed by atoms with E-state index >= 15 is 0 Å². The number of piperazine rings is 1. The van der Waals surface area contributed by atoms with E-state index in [1.165, 1.54) is 45.7 Å². The zero-order valence-corrected chi connectivity index (χ0v) is 12.7. The van der Waals surface area contributed by atoms with Gasteiger partial charge in [-0.05, 0) is 50.1 Å². The summed E-state index contributed by atoms with van der Waals surface area (Å²) in [4.78, 5) is 9.83.